The number of rotatable bonds is 5. The van der Waals surface area contributed by atoms with Gasteiger partial charge in [-0.3, -0.25) is 13.9 Å². The third-order valence-electron chi connectivity index (χ3n) is 5.01. The molecule has 2 amide bonds. The van der Waals surface area contributed by atoms with Crippen molar-refractivity contribution in [3.8, 4) is 0 Å². The second kappa shape index (κ2) is 8.05. The molecule has 1 aliphatic rings. The van der Waals surface area contributed by atoms with Crippen LogP contribution in [0.3, 0.4) is 0 Å². The molecule has 32 heavy (non-hydrogen) atoms. The molecule has 11 heteroatoms. The molecule has 0 fully saturated rings. The average Bonchev–Trinajstić information content (AvgIpc) is 3.19. The predicted molar refractivity (Wildman–Crippen MR) is 120 cm³/mol. The number of amides is 2. The molecule has 164 valence electrons. The SMILES string of the molecule is CN(c1ccccc1)S(=O)(=O)c1ccc(Cl)c(N2C(=O)Cc3scc(C(=O)O)c3C2=O)c1. The normalized spacial score (nSPS) is 13.8. The van der Waals surface area contributed by atoms with Crippen LogP contribution in [0.2, 0.25) is 5.02 Å². The van der Waals surface area contributed by atoms with Gasteiger partial charge in [-0.25, -0.2) is 18.1 Å². The minimum Gasteiger partial charge on any atom is -0.478 e. The fourth-order valence-corrected chi connectivity index (χ4v) is 5.78. The number of fused-ring (bicyclic) bond motifs is 1. The van der Waals surface area contributed by atoms with E-state index < -0.39 is 27.8 Å². The molecule has 0 aliphatic carbocycles. The standard InChI is InChI=1S/C21H15ClN2O6S2/c1-23(12-5-3-2-4-6-12)32(29,30)13-7-8-15(22)16(9-13)24-18(25)10-17-19(20(24)26)14(11-31-17)21(27)28/h2-9,11H,10H2,1H3,(H,27,28). The van der Waals surface area contributed by atoms with E-state index in [0.717, 1.165) is 26.6 Å². The number of carbonyl (C=O) groups is 3. The first-order chi connectivity index (χ1) is 15.1. The molecule has 0 spiro atoms. The Balaban J connectivity index is 1.79. The van der Waals surface area contributed by atoms with Gasteiger partial charge in [0.15, 0.2) is 0 Å². The van der Waals surface area contributed by atoms with Crippen LogP contribution in [0.15, 0.2) is 58.8 Å². The minimum atomic E-state index is -4.04. The van der Waals surface area contributed by atoms with Crippen molar-refractivity contribution < 1.29 is 27.9 Å². The summed E-state index contributed by atoms with van der Waals surface area (Å²) in [4.78, 5) is 38.3. The van der Waals surface area contributed by atoms with Crippen molar-refractivity contribution in [1.29, 1.82) is 0 Å². The fraction of sp³-hybridized carbons (Fsp3) is 0.0952. The van der Waals surface area contributed by atoms with Gasteiger partial charge in [-0.2, -0.15) is 0 Å². The number of aromatic carboxylic acids is 1. The van der Waals surface area contributed by atoms with Crippen LogP contribution in [0, 0.1) is 0 Å². The molecule has 1 aliphatic heterocycles. The Morgan fingerprint density at radius 1 is 1.16 bits per heavy atom. The Morgan fingerprint density at radius 2 is 1.84 bits per heavy atom. The highest BCUT2D eigenvalue weighted by molar-refractivity contribution is 7.92. The van der Waals surface area contributed by atoms with Crippen LogP contribution in [-0.4, -0.2) is 38.4 Å². The molecule has 2 heterocycles. The smallest absolute Gasteiger partial charge is 0.337 e. The maximum absolute atomic E-state index is 13.2. The monoisotopic (exact) mass is 490 g/mol. The summed E-state index contributed by atoms with van der Waals surface area (Å²) in [6, 6.07) is 12.1. The topological polar surface area (TPSA) is 112 Å². The molecular weight excluding hydrogens is 476 g/mol. The second-order valence-corrected chi connectivity index (χ2v) is 10.2. The number of thiophene rings is 1. The van der Waals surface area contributed by atoms with Gasteiger partial charge in [0.1, 0.15) is 0 Å². The van der Waals surface area contributed by atoms with Gasteiger partial charge in [0.2, 0.25) is 5.91 Å². The van der Waals surface area contributed by atoms with Crippen LogP contribution >= 0.6 is 22.9 Å². The molecule has 0 unspecified atom stereocenters. The first-order valence-corrected chi connectivity index (χ1v) is 11.9. The number of carboxylic acid groups (broad SMARTS) is 1. The van der Waals surface area contributed by atoms with E-state index in [1.807, 2.05) is 0 Å². The van der Waals surface area contributed by atoms with Gasteiger partial charge < -0.3 is 5.11 Å². The number of halogens is 1. The second-order valence-electron chi connectivity index (χ2n) is 6.89. The van der Waals surface area contributed by atoms with Crippen molar-refractivity contribution in [3.05, 3.63) is 74.9 Å². The molecule has 0 atom stereocenters. The van der Waals surface area contributed by atoms with Gasteiger partial charge in [0.25, 0.3) is 15.9 Å². The van der Waals surface area contributed by atoms with Crippen LogP contribution in [0.5, 0.6) is 0 Å². The summed E-state index contributed by atoms with van der Waals surface area (Å²) in [6.07, 6.45) is -0.198. The highest BCUT2D eigenvalue weighted by Crippen LogP contribution is 2.36. The lowest BCUT2D eigenvalue weighted by molar-refractivity contribution is -0.117. The van der Waals surface area contributed by atoms with Crippen LogP contribution in [0.25, 0.3) is 0 Å². The minimum absolute atomic E-state index is 0.0245. The summed E-state index contributed by atoms with van der Waals surface area (Å²) in [5, 5.41) is 10.7. The van der Waals surface area contributed by atoms with Crippen LogP contribution < -0.4 is 9.21 Å². The largest absolute Gasteiger partial charge is 0.478 e. The van der Waals surface area contributed by atoms with Crippen LogP contribution in [0.1, 0.15) is 25.6 Å². The van der Waals surface area contributed by atoms with E-state index in [2.05, 4.69) is 0 Å². The van der Waals surface area contributed by atoms with Gasteiger partial charge in [0, 0.05) is 17.3 Å². The van der Waals surface area contributed by atoms with E-state index in [4.69, 9.17) is 11.6 Å². The Bertz CT molecular complexity index is 1370. The first-order valence-electron chi connectivity index (χ1n) is 9.17. The summed E-state index contributed by atoms with van der Waals surface area (Å²) >= 11 is 7.26. The molecule has 0 saturated carbocycles. The number of hydrogen-bond acceptors (Lipinski definition) is 6. The Labute approximate surface area is 192 Å². The lowest BCUT2D eigenvalue weighted by atomic mass is 10.0. The molecule has 3 aromatic rings. The van der Waals surface area contributed by atoms with Gasteiger partial charge in [-0.15, -0.1) is 11.3 Å². The van der Waals surface area contributed by atoms with Crippen molar-refractivity contribution >= 4 is 62.1 Å². The van der Waals surface area contributed by atoms with Gasteiger partial charge >= 0.3 is 5.97 Å². The lowest BCUT2D eigenvalue weighted by Crippen LogP contribution is -2.42. The summed E-state index contributed by atoms with van der Waals surface area (Å²) in [7, 11) is -2.66. The molecule has 4 rings (SSSR count). The van der Waals surface area contributed by atoms with E-state index in [9.17, 15) is 27.9 Å². The number of para-hydroxylation sites is 1. The molecule has 1 N–H and O–H groups in total. The molecule has 2 aromatic carbocycles. The zero-order valence-electron chi connectivity index (χ0n) is 16.5. The molecule has 1 aromatic heterocycles. The summed E-state index contributed by atoms with van der Waals surface area (Å²) in [6.45, 7) is 0. The van der Waals surface area contributed by atoms with Crippen LogP contribution in [0.4, 0.5) is 11.4 Å². The molecule has 8 nitrogen and oxygen atoms in total. The highest BCUT2D eigenvalue weighted by Gasteiger charge is 2.38. The molecule has 0 bridgehead atoms. The first kappa shape index (κ1) is 22.0. The van der Waals surface area contributed by atoms with Gasteiger partial charge in [-0.05, 0) is 30.3 Å². The van der Waals surface area contributed by atoms with Crippen molar-refractivity contribution in [3.63, 3.8) is 0 Å². The number of carbonyl (C=O) groups excluding carboxylic acids is 2. The van der Waals surface area contributed by atoms with E-state index in [0.29, 0.717) is 10.6 Å². The third-order valence-corrected chi connectivity index (χ3v) is 8.10. The molecular formula is C21H15ClN2O6S2. The Kier molecular flexibility index (Phi) is 5.53. The quantitative estimate of drug-likeness (QED) is 0.546. The number of nitrogens with zero attached hydrogens (tertiary/aromatic N) is 2. The Morgan fingerprint density at radius 3 is 2.50 bits per heavy atom. The predicted octanol–water partition coefficient (Wildman–Crippen LogP) is 3.65. The highest BCUT2D eigenvalue weighted by atomic mass is 35.5. The van der Waals surface area contributed by atoms with E-state index in [-0.39, 0.29) is 33.2 Å². The fourth-order valence-electron chi connectivity index (χ4n) is 3.36. The zero-order valence-corrected chi connectivity index (χ0v) is 18.9. The maximum Gasteiger partial charge on any atom is 0.337 e. The van der Waals surface area contributed by atoms with Crippen molar-refractivity contribution in [2.45, 2.75) is 11.3 Å². The third kappa shape index (κ3) is 3.56. The summed E-state index contributed by atoms with van der Waals surface area (Å²) in [5.41, 5.74) is -0.00966. The lowest BCUT2D eigenvalue weighted by Gasteiger charge is -2.27. The maximum atomic E-state index is 13.2. The number of hydrogen-bond donors (Lipinski definition) is 1. The van der Waals surface area contributed by atoms with E-state index in [1.165, 1.54) is 24.6 Å². The number of sulfonamides is 1. The van der Waals surface area contributed by atoms with E-state index in [1.54, 1.807) is 30.3 Å². The molecule has 0 saturated heterocycles. The van der Waals surface area contributed by atoms with Gasteiger partial charge in [-0.1, -0.05) is 29.8 Å². The number of carboxylic acids is 1. The number of anilines is 2. The van der Waals surface area contributed by atoms with Crippen LogP contribution in [-0.2, 0) is 21.2 Å². The van der Waals surface area contributed by atoms with Gasteiger partial charge in [0.05, 0.1) is 38.8 Å². The number of benzene rings is 2. The van der Waals surface area contributed by atoms with Crippen molar-refractivity contribution in [1.82, 2.24) is 0 Å². The summed E-state index contributed by atoms with van der Waals surface area (Å²) in [5.74, 6) is -2.78. The zero-order chi connectivity index (χ0) is 23.2. The van der Waals surface area contributed by atoms with E-state index >= 15 is 0 Å². The number of imide groups is 1. The van der Waals surface area contributed by atoms with Crippen molar-refractivity contribution in [2.75, 3.05) is 16.3 Å². The van der Waals surface area contributed by atoms with Crippen molar-refractivity contribution in [2.24, 2.45) is 0 Å². The molecule has 0 radical (unpaired) electrons. The summed E-state index contributed by atoms with van der Waals surface area (Å²) < 4.78 is 27.4. The Hall–Kier alpha value is -3.21. The average molecular weight is 491 g/mol.